The molecule has 4 nitrogen and oxygen atoms in total. The summed E-state index contributed by atoms with van der Waals surface area (Å²) < 4.78 is 2.01. The third-order valence-electron chi connectivity index (χ3n) is 2.18. The summed E-state index contributed by atoms with van der Waals surface area (Å²) in [5, 5.41) is 3.32. The first-order valence-electron chi connectivity index (χ1n) is 4.70. The van der Waals surface area contributed by atoms with Crippen molar-refractivity contribution in [3.63, 3.8) is 0 Å². The number of anilines is 1. The Morgan fingerprint density at radius 1 is 1.57 bits per heavy atom. The van der Waals surface area contributed by atoms with Gasteiger partial charge >= 0.3 is 0 Å². The summed E-state index contributed by atoms with van der Waals surface area (Å²) in [7, 11) is 0. The van der Waals surface area contributed by atoms with Gasteiger partial charge in [0, 0.05) is 25.0 Å². The predicted octanol–water partition coefficient (Wildman–Crippen LogP) is 1.09. The molecule has 3 N–H and O–H groups in total. The number of imidazole rings is 1. The van der Waals surface area contributed by atoms with Crippen LogP contribution in [0.5, 0.6) is 0 Å². The Hall–Kier alpha value is -1.55. The van der Waals surface area contributed by atoms with Gasteiger partial charge in [-0.25, -0.2) is 4.98 Å². The quantitative estimate of drug-likeness (QED) is 0.761. The first-order valence-corrected chi connectivity index (χ1v) is 4.70. The van der Waals surface area contributed by atoms with Gasteiger partial charge in [-0.2, -0.15) is 0 Å². The Morgan fingerprint density at radius 2 is 2.43 bits per heavy atom. The van der Waals surface area contributed by atoms with Gasteiger partial charge in [-0.1, -0.05) is 6.07 Å². The zero-order valence-corrected chi connectivity index (χ0v) is 8.14. The molecular formula is C10H14N4. The van der Waals surface area contributed by atoms with Crippen LogP contribution in [0.2, 0.25) is 0 Å². The third-order valence-corrected chi connectivity index (χ3v) is 2.18. The van der Waals surface area contributed by atoms with Crippen molar-refractivity contribution in [3.05, 3.63) is 30.6 Å². The predicted molar refractivity (Wildman–Crippen MR) is 57.3 cm³/mol. The number of aromatic nitrogens is 2. The van der Waals surface area contributed by atoms with Gasteiger partial charge in [0.1, 0.15) is 11.5 Å². The monoisotopic (exact) mass is 190 g/mol. The molecule has 0 spiro atoms. The van der Waals surface area contributed by atoms with E-state index in [9.17, 15) is 0 Å². The molecule has 2 rings (SSSR count). The van der Waals surface area contributed by atoms with Crippen LogP contribution in [0, 0.1) is 0 Å². The fourth-order valence-corrected chi connectivity index (χ4v) is 1.38. The maximum absolute atomic E-state index is 5.55. The van der Waals surface area contributed by atoms with E-state index in [1.54, 1.807) is 6.20 Å². The number of nitrogens with two attached hydrogens (primary N) is 1. The van der Waals surface area contributed by atoms with E-state index in [-0.39, 0.29) is 6.04 Å². The van der Waals surface area contributed by atoms with E-state index in [1.165, 1.54) is 0 Å². The van der Waals surface area contributed by atoms with Gasteiger partial charge in [-0.15, -0.1) is 0 Å². The van der Waals surface area contributed by atoms with Crippen LogP contribution in [0.15, 0.2) is 30.6 Å². The first-order chi connectivity index (χ1) is 6.81. The van der Waals surface area contributed by atoms with Gasteiger partial charge in [0.25, 0.3) is 0 Å². The van der Waals surface area contributed by atoms with Gasteiger partial charge < -0.3 is 11.1 Å². The highest BCUT2D eigenvalue weighted by molar-refractivity contribution is 5.50. The SMILES string of the molecule is CC(CN)Nc1cccc2nccn12. The highest BCUT2D eigenvalue weighted by Gasteiger charge is 2.02. The summed E-state index contributed by atoms with van der Waals surface area (Å²) in [6.07, 6.45) is 3.72. The average molecular weight is 190 g/mol. The van der Waals surface area contributed by atoms with E-state index in [4.69, 9.17) is 5.73 Å². The van der Waals surface area contributed by atoms with Crippen molar-refractivity contribution in [2.24, 2.45) is 5.73 Å². The van der Waals surface area contributed by atoms with Gasteiger partial charge in [0.15, 0.2) is 0 Å². The van der Waals surface area contributed by atoms with Crippen LogP contribution < -0.4 is 11.1 Å². The molecule has 1 atom stereocenters. The zero-order valence-electron chi connectivity index (χ0n) is 8.14. The highest BCUT2D eigenvalue weighted by Crippen LogP contribution is 2.11. The lowest BCUT2D eigenvalue weighted by Crippen LogP contribution is -2.26. The summed E-state index contributed by atoms with van der Waals surface area (Å²) in [5.74, 6) is 1.03. The molecule has 0 aromatic carbocycles. The van der Waals surface area contributed by atoms with Crippen LogP contribution in [-0.4, -0.2) is 22.0 Å². The second kappa shape index (κ2) is 3.67. The van der Waals surface area contributed by atoms with E-state index in [0.717, 1.165) is 11.5 Å². The second-order valence-electron chi connectivity index (χ2n) is 3.35. The number of hydrogen-bond acceptors (Lipinski definition) is 3. The van der Waals surface area contributed by atoms with Crippen LogP contribution in [0.1, 0.15) is 6.92 Å². The molecule has 0 fully saturated rings. The molecule has 74 valence electrons. The van der Waals surface area contributed by atoms with E-state index in [2.05, 4.69) is 17.2 Å². The second-order valence-corrected chi connectivity index (χ2v) is 3.35. The number of rotatable bonds is 3. The van der Waals surface area contributed by atoms with Crippen LogP contribution in [0.25, 0.3) is 5.65 Å². The van der Waals surface area contributed by atoms with Crippen molar-refractivity contribution >= 4 is 11.5 Å². The lowest BCUT2D eigenvalue weighted by Gasteiger charge is -2.13. The molecule has 0 saturated heterocycles. The molecule has 4 heteroatoms. The Bertz CT molecular complexity index is 421. The number of nitrogens with zero attached hydrogens (tertiary/aromatic N) is 2. The van der Waals surface area contributed by atoms with E-state index in [1.807, 2.05) is 28.8 Å². The van der Waals surface area contributed by atoms with Crippen molar-refractivity contribution in [3.8, 4) is 0 Å². The standard InChI is InChI=1S/C10H14N4/c1-8(7-11)13-10-4-2-3-9-12-5-6-14(9)10/h2-6,8,13H,7,11H2,1H3. The average Bonchev–Trinajstić information content (AvgIpc) is 2.66. The molecule has 1 unspecified atom stereocenters. The Labute approximate surface area is 82.8 Å². The van der Waals surface area contributed by atoms with Gasteiger partial charge in [0.2, 0.25) is 0 Å². The maximum Gasteiger partial charge on any atom is 0.138 e. The van der Waals surface area contributed by atoms with Crippen LogP contribution in [-0.2, 0) is 0 Å². The molecule has 2 heterocycles. The molecule has 0 saturated carbocycles. The van der Waals surface area contributed by atoms with E-state index >= 15 is 0 Å². The minimum atomic E-state index is 0.267. The first kappa shape index (κ1) is 9.02. The van der Waals surface area contributed by atoms with Crippen molar-refractivity contribution in [1.29, 1.82) is 0 Å². The Morgan fingerprint density at radius 3 is 3.21 bits per heavy atom. The van der Waals surface area contributed by atoms with Crippen molar-refractivity contribution in [2.45, 2.75) is 13.0 Å². The zero-order chi connectivity index (χ0) is 9.97. The number of fused-ring (bicyclic) bond motifs is 1. The summed E-state index contributed by atoms with van der Waals surface area (Å²) >= 11 is 0. The normalized spacial score (nSPS) is 13.0. The molecule has 14 heavy (non-hydrogen) atoms. The largest absolute Gasteiger partial charge is 0.367 e. The Balaban J connectivity index is 2.36. The van der Waals surface area contributed by atoms with Crippen LogP contribution in [0.3, 0.4) is 0 Å². The van der Waals surface area contributed by atoms with Crippen molar-refractivity contribution < 1.29 is 0 Å². The lowest BCUT2D eigenvalue weighted by molar-refractivity contribution is 0.795. The number of pyridine rings is 1. The molecular weight excluding hydrogens is 176 g/mol. The minimum Gasteiger partial charge on any atom is -0.367 e. The molecule has 0 amide bonds. The summed E-state index contributed by atoms with van der Waals surface area (Å²) in [6, 6.07) is 6.23. The van der Waals surface area contributed by atoms with Crippen molar-refractivity contribution in [2.75, 3.05) is 11.9 Å². The smallest absolute Gasteiger partial charge is 0.138 e. The lowest BCUT2D eigenvalue weighted by atomic mass is 10.3. The van der Waals surface area contributed by atoms with Crippen LogP contribution in [0.4, 0.5) is 5.82 Å². The molecule has 0 aliphatic carbocycles. The summed E-state index contributed by atoms with van der Waals surface area (Å²) in [5.41, 5.74) is 6.50. The summed E-state index contributed by atoms with van der Waals surface area (Å²) in [4.78, 5) is 4.20. The highest BCUT2D eigenvalue weighted by atomic mass is 15.1. The number of nitrogens with one attached hydrogen (secondary N) is 1. The fraction of sp³-hybridized carbons (Fsp3) is 0.300. The van der Waals surface area contributed by atoms with Crippen LogP contribution >= 0.6 is 0 Å². The molecule has 0 aliphatic heterocycles. The fourth-order valence-electron chi connectivity index (χ4n) is 1.38. The van der Waals surface area contributed by atoms with Gasteiger partial charge in [0.05, 0.1) is 0 Å². The van der Waals surface area contributed by atoms with E-state index in [0.29, 0.717) is 6.54 Å². The summed E-state index contributed by atoms with van der Waals surface area (Å²) in [6.45, 7) is 2.67. The molecule has 2 aromatic rings. The van der Waals surface area contributed by atoms with E-state index < -0.39 is 0 Å². The van der Waals surface area contributed by atoms with Gasteiger partial charge in [-0.05, 0) is 19.1 Å². The molecule has 0 bridgehead atoms. The molecule has 0 aliphatic rings. The molecule has 0 radical (unpaired) electrons. The number of hydrogen-bond donors (Lipinski definition) is 2. The Kier molecular flexibility index (Phi) is 2.37. The topological polar surface area (TPSA) is 55.3 Å². The maximum atomic E-state index is 5.55. The minimum absolute atomic E-state index is 0.267. The molecule has 2 aromatic heterocycles. The third kappa shape index (κ3) is 1.56. The van der Waals surface area contributed by atoms with Gasteiger partial charge in [-0.3, -0.25) is 4.40 Å². The van der Waals surface area contributed by atoms with Crippen molar-refractivity contribution in [1.82, 2.24) is 9.38 Å².